The number of hydrogen-bond acceptors (Lipinski definition) is 3. The van der Waals surface area contributed by atoms with Crippen LogP contribution in [-0.4, -0.2) is 23.2 Å². The molecule has 0 saturated heterocycles. The monoisotopic (exact) mass is 258 g/mol. The average Bonchev–Trinajstić information content (AvgIpc) is 2.45. The lowest BCUT2D eigenvalue weighted by atomic mass is 10.0. The van der Waals surface area contributed by atoms with Gasteiger partial charge in [-0.2, -0.15) is 0 Å². The summed E-state index contributed by atoms with van der Waals surface area (Å²) in [5.74, 6) is 1.43. The number of fused-ring (bicyclic) bond motifs is 1. The van der Waals surface area contributed by atoms with Gasteiger partial charge in [0.25, 0.3) is 0 Å². The highest BCUT2D eigenvalue weighted by Crippen LogP contribution is 2.16. The summed E-state index contributed by atoms with van der Waals surface area (Å²) in [5.41, 5.74) is 1.02. The van der Waals surface area contributed by atoms with E-state index in [4.69, 9.17) is 5.11 Å². The minimum absolute atomic E-state index is 0.261. The minimum atomic E-state index is 0.261. The second-order valence-electron chi connectivity index (χ2n) is 4.94. The molecule has 0 aliphatic carbocycles. The highest BCUT2D eigenvalue weighted by atomic mass is 16.3. The van der Waals surface area contributed by atoms with Gasteiger partial charge in [0.1, 0.15) is 5.82 Å². The van der Waals surface area contributed by atoms with Crippen molar-refractivity contribution in [3.05, 3.63) is 36.4 Å². The SMILES string of the molecule is CCCC(CCO)CNc1ccc2ccccc2n1. The van der Waals surface area contributed by atoms with Gasteiger partial charge in [0, 0.05) is 18.5 Å². The van der Waals surface area contributed by atoms with Crippen LogP contribution < -0.4 is 5.32 Å². The van der Waals surface area contributed by atoms with Crippen LogP contribution in [0.4, 0.5) is 5.82 Å². The van der Waals surface area contributed by atoms with Gasteiger partial charge in [0.05, 0.1) is 5.52 Å². The van der Waals surface area contributed by atoms with Gasteiger partial charge in [0.2, 0.25) is 0 Å². The molecule has 0 bridgehead atoms. The Morgan fingerprint density at radius 2 is 2.00 bits per heavy atom. The summed E-state index contributed by atoms with van der Waals surface area (Å²) < 4.78 is 0. The molecular weight excluding hydrogens is 236 g/mol. The third-order valence-corrected chi connectivity index (χ3v) is 3.40. The number of aromatic nitrogens is 1. The number of anilines is 1. The van der Waals surface area contributed by atoms with Crippen molar-refractivity contribution in [1.82, 2.24) is 4.98 Å². The molecule has 0 fully saturated rings. The molecule has 1 aromatic heterocycles. The summed E-state index contributed by atoms with van der Waals surface area (Å²) in [7, 11) is 0. The van der Waals surface area contributed by atoms with Gasteiger partial charge in [-0.25, -0.2) is 4.98 Å². The van der Waals surface area contributed by atoms with Crippen LogP contribution in [0.1, 0.15) is 26.2 Å². The Morgan fingerprint density at radius 1 is 1.16 bits per heavy atom. The molecule has 2 rings (SSSR count). The number of pyridine rings is 1. The molecule has 0 amide bonds. The van der Waals surface area contributed by atoms with Gasteiger partial charge in [0.15, 0.2) is 0 Å². The largest absolute Gasteiger partial charge is 0.396 e. The van der Waals surface area contributed by atoms with Crippen LogP contribution in [0.25, 0.3) is 10.9 Å². The molecule has 102 valence electrons. The number of hydrogen-bond donors (Lipinski definition) is 2. The van der Waals surface area contributed by atoms with Crippen LogP contribution in [-0.2, 0) is 0 Å². The number of aliphatic hydroxyl groups excluding tert-OH is 1. The van der Waals surface area contributed by atoms with Gasteiger partial charge in [-0.15, -0.1) is 0 Å². The zero-order valence-corrected chi connectivity index (χ0v) is 11.5. The van der Waals surface area contributed by atoms with Crippen molar-refractivity contribution in [2.45, 2.75) is 26.2 Å². The van der Waals surface area contributed by atoms with Crippen molar-refractivity contribution in [2.24, 2.45) is 5.92 Å². The maximum absolute atomic E-state index is 9.06. The summed E-state index contributed by atoms with van der Waals surface area (Å²) in [4.78, 5) is 4.59. The predicted molar refractivity (Wildman–Crippen MR) is 80.3 cm³/mol. The lowest BCUT2D eigenvalue weighted by molar-refractivity contribution is 0.255. The average molecular weight is 258 g/mol. The van der Waals surface area contributed by atoms with Crippen LogP contribution in [0.3, 0.4) is 0 Å². The van der Waals surface area contributed by atoms with Crippen molar-refractivity contribution >= 4 is 16.7 Å². The summed E-state index contributed by atoms with van der Waals surface area (Å²) in [6.45, 7) is 3.32. The van der Waals surface area contributed by atoms with Crippen LogP contribution in [0, 0.1) is 5.92 Å². The van der Waals surface area contributed by atoms with E-state index in [-0.39, 0.29) is 6.61 Å². The summed E-state index contributed by atoms with van der Waals surface area (Å²) >= 11 is 0. The number of rotatable bonds is 7. The van der Waals surface area contributed by atoms with E-state index in [0.29, 0.717) is 5.92 Å². The smallest absolute Gasteiger partial charge is 0.126 e. The molecule has 3 heteroatoms. The van der Waals surface area contributed by atoms with E-state index >= 15 is 0 Å². The van der Waals surface area contributed by atoms with Crippen LogP contribution in [0.5, 0.6) is 0 Å². The van der Waals surface area contributed by atoms with E-state index in [1.165, 1.54) is 0 Å². The number of nitrogens with one attached hydrogen (secondary N) is 1. The fourth-order valence-corrected chi connectivity index (χ4v) is 2.35. The van der Waals surface area contributed by atoms with Gasteiger partial charge in [-0.3, -0.25) is 0 Å². The molecule has 3 nitrogen and oxygen atoms in total. The Balaban J connectivity index is 2.00. The van der Waals surface area contributed by atoms with E-state index in [2.05, 4.69) is 29.4 Å². The first-order valence-corrected chi connectivity index (χ1v) is 7.04. The van der Waals surface area contributed by atoms with Crippen LogP contribution >= 0.6 is 0 Å². The van der Waals surface area contributed by atoms with Crippen molar-refractivity contribution in [3.8, 4) is 0 Å². The van der Waals surface area contributed by atoms with Crippen LogP contribution in [0.15, 0.2) is 36.4 Å². The van der Waals surface area contributed by atoms with E-state index in [1.54, 1.807) is 0 Å². The number of nitrogens with zero attached hydrogens (tertiary/aromatic N) is 1. The maximum Gasteiger partial charge on any atom is 0.126 e. The molecule has 1 atom stereocenters. The first kappa shape index (κ1) is 13.8. The normalized spacial score (nSPS) is 12.5. The topological polar surface area (TPSA) is 45.1 Å². The fraction of sp³-hybridized carbons (Fsp3) is 0.438. The Morgan fingerprint density at radius 3 is 2.79 bits per heavy atom. The molecule has 1 unspecified atom stereocenters. The molecule has 2 aromatic rings. The number of benzene rings is 1. The summed E-state index contributed by atoms with van der Waals surface area (Å²) in [6, 6.07) is 12.2. The second-order valence-corrected chi connectivity index (χ2v) is 4.94. The van der Waals surface area contributed by atoms with Gasteiger partial charge in [-0.05, 0) is 37.0 Å². The van der Waals surface area contributed by atoms with Crippen molar-refractivity contribution in [2.75, 3.05) is 18.5 Å². The molecule has 19 heavy (non-hydrogen) atoms. The Hall–Kier alpha value is -1.61. The molecule has 2 N–H and O–H groups in total. The maximum atomic E-state index is 9.06. The third kappa shape index (κ3) is 3.93. The predicted octanol–water partition coefficient (Wildman–Crippen LogP) is 3.45. The van der Waals surface area contributed by atoms with Gasteiger partial charge >= 0.3 is 0 Å². The van der Waals surface area contributed by atoms with Crippen molar-refractivity contribution in [3.63, 3.8) is 0 Å². The highest BCUT2D eigenvalue weighted by molar-refractivity contribution is 5.79. The molecular formula is C16H22N2O. The van der Waals surface area contributed by atoms with Gasteiger partial charge in [-0.1, -0.05) is 31.5 Å². The van der Waals surface area contributed by atoms with Crippen LogP contribution in [0.2, 0.25) is 0 Å². The van der Waals surface area contributed by atoms with E-state index in [1.807, 2.05) is 24.3 Å². The van der Waals surface area contributed by atoms with Crippen molar-refractivity contribution in [1.29, 1.82) is 0 Å². The quantitative estimate of drug-likeness (QED) is 0.799. The first-order valence-electron chi connectivity index (χ1n) is 7.04. The zero-order valence-electron chi connectivity index (χ0n) is 11.5. The summed E-state index contributed by atoms with van der Waals surface area (Å²) in [5, 5.41) is 13.6. The van der Waals surface area contributed by atoms with Crippen molar-refractivity contribution < 1.29 is 5.11 Å². The number of para-hydroxylation sites is 1. The standard InChI is InChI=1S/C16H22N2O/c1-2-5-13(10-11-19)12-17-16-9-8-14-6-3-4-7-15(14)18-16/h3-4,6-9,13,19H,2,5,10-12H2,1H3,(H,17,18). The molecule has 1 heterocycles. The lowest BCUT2D eigenvalue weighted by Crippen LogP contribution is -2.16. The molecule has 0 aliphatic heterocycles. The molecule has 0 radical (unpaired) electrons. The molecule has 0 aliphatic rings. The highest BCUT2D eigenvalue weighted by Gasteiger charge is 2.07. The molecule has 0 saturated carbocycles. The minimum Gasteiger partial charge on any atom is -0.396 e. The van der Waals surface area contributed by atoms with Gasteiger partial charge < -0.3 is 10.4 Å². The zero-order chi connectivity index (χ0) is 13.5. The third-order valence-electron chi connectivity index (χ3n) is 3.40. The Labute approximate surface area is 114 Å². The first-order chi connectivity index (χ1) is 9.33. The Bertz CT molecular complexity index is 507. The second kappa shape index (κ2) is 7.10. The Kier molecular flexibility index (Phi) is 5.16. The van der Waals surface area contributed by atoms with E-state index < -0.39 is 0 Å². The molecule has 1 aromatic carbocycles. The summed E-state index contributed by atoms with van der Waals surface area (Å²) in [6.07, 6.45) is 3.15. The fourth-order valence-electron chi connectivity index (χ4n) is 2.35. The van der Waals surface area contributed by atoms with E-state index in [9.17, 15) is 0 Å². The van der Waals surface area contributed by atoms with E-state index in [0.717, 1.165) is 42.5 Å². The number of aliphatic hydroxyl groups is 1. The lowest BCUT2D eigenvalue weighted by Gasteiger charge is -2.16. The molecule has 0 spiro atoms.